The van der Waals surface area contributed by atoms with Crippen molar-refractivity contribution in [2.75, 3.05) is 44.4 Å². The first-order valence-electron chi connectivity index (χ1n) is 12.6. The van der Waals surface area contributed by atoms with E-state index in [-0.39, 0.29) is 10.7 Å². The van der Waals surface area contributed by atoms with E-state index < -0.39 is 0 Å². The van der Waals surface area contributed by atoms with E-state index >= 15 is 0 Å². The molecule has 0 amide bonds. The number of hydrogen-bond acceptors (Lipinski definition) is 7. The van der Waals surface area contributed by atoms with Crippen molar-refractivity contribution in [3.05, 3.63) is 45.5 Å². The molecule has 2 aromatic rings. The van der Waals surface area contributed by atoms with Gasteiger partial charge in [0.15, 0.2) is 10.9 Å². The quantitative estimate of drug-likeness (QED) is 0.576. The fraction of sp³-hybridized carbons (Fsp3) is 0.615. The molecule has 0 aromatic carbocycles. The summed E-state index contributed by atoms with van der Waals surface area (Å²) < 4.78 is 26.2. The summed E-state index contributed by atoms with van der Waals surface area (Å²) in [5.74, 6) is 2.04. The number of anilines is 1. The maximum Gasteiger partial charge on any atom is 0.177 e. The molecule has 2 fully saturated rings. The molecule has 3 aliphatic heterocycles. The van der Waals surface area contributed by atoms with Crippen molar-refractivity contribution in [2.24, 2.45) is 16.9 Å². The Bertz CT molecular complexity index is 1060. The van der Waals surface area contributed by atoms with Gasteiger partial charge < -0.3 is 14.4 Å². The summed E-state index contributed by atoms with van der Waals surface area (Å²) in [5, 5.41) is 6.86. The zero-order valence-corrected chi connectivity index (χ0v) is 20.7. The van der Waals surface area contributed by atoms with E-state index in [1.54, 1.807) is 6.07 Å². The Kier molecular flexibility index (Phi) is 6.18. The number of likely N-dealkylation sites (tertiary alicyclic amines) is 1. The standard InChI is InChI=1S/C26H33FN4O2S/c1-18-22(15-31(29-18)25-21(3-2-9-28-25)17-32-16-19-4-5-19)14-30-10-7-26(8-11-30)24-20(6-12-33-26)13-23(27)34-24/h2-3,9,13,19,22H,4-8,10-12,14-17H2,1H3. The van der Waals surface area contributed by atoms with Crippen LogP contribution >= 0.6 is 11.3 Å². The van der Waals surface area contributed by atoms with E-state index in [2.05, 4.69) is 27.9 Å². The van der Waals surface area contributed by atoms with Crippen LogP contribution in [0.5, 0.6) is 0 Å². The fourth-order valence-electron chi connectivity index (χ4n) is 5.54. The number of hydrogen-bond donors (Lipinski definition) is 0. The Morgan fingerprint density at radius 2 is 2.15 bits per heavy atom. The molecule has 6 nitrogen and oxygen atoms in total. The summed E-state index contributed by atoms with van der Waals surface area (Å²) >= 11 is 1.29. The van der Waals surface area contributed by atoms with Crippen molar-refractivity contribution in [3.63, 3.8) is 0 Å². The third kappa shape index (κ3) is 4.53. The topological polar surface area (TPSA) is 50.2 Å². The maximum atomic E-state index is 14.0. The molecule has 1 saturated heterocycles. The summed E-state index contributed by atoms with van der Waals surface area (Å²) in [6.07, 6.45) is 7.12. The summed E-state index contributed by atoms with van der Waals surface area (Å²) in [5.41, 5.74) is 3.14. The number of aromatic nitrogens is 1. The lowest BCUT2D eigenvalue weighted by Gasteiger charge is -2.44. The van der Waals surface area contributed by atoms with Crippen molar-refractivity contribution in [3.8, 4) is 0 Å². The minimum atomic E-state index is -0.284. The monoisotopic (exact) mass is 484 g/mol. The zero-order valence-electron chi connectivity index (χ0n) is 19.8. The van der Waals surface area contributed by atoms with E-state index in [1.165, 1.54) is 24.2 Å². The normalized spacial score (nSPS) is 24.5. The third-order valence-corrected chi connectivity index (χ3v) is 8.92. The molecule has 1 atom stereocenters. The number of pyridine rings is 1. The Labute approximate surface area is 204 Å². The predicted octanol–water partition coefficient (Wildman–Crippen LogP) is 4.58. The Balaban J connectivity index is 1.07. The van der Waals surface area contributed by atoms with Crippen LogP contribution in [0.3, 0.4) is 0 Å². The molecule has 34 heavy (non-hydrogen) atoms. The second kappa shape index (κ2) is 9.30. The summed E-state index contributed by atoms with van der Waals surface area (Å²) in [4.78, 5) is 8.31. The smallest absolute Gasteiger partial charge is 0.177 e. The highest BCUT2D eigenvalue weighted by molar-refractivity contribution is 7.10. The highest BCUT2D eigenvalue weighted by atomic mass is 32.1. The van der Waals surface area contributed by atoms with Crippen LogP contribution in [0.4, 0.5) is 10.2 Å². The van der Waals surface area contributed by atoms with Crippen molar-refractivity contribution >= 4 is 22.9 Å². The van der Waals surface area contributed by atoms with Crippen LogP contribution in [0, 0.1) is 17.0 Å². The van der Waals surface area contributed by atoms with E-state index in [1.807, 2.05) is 12.3 Å². The van der Waals surface area contributed by atoms with Crippen molar-refractivity contribution in [1.82, 2.24) is 9.88 Å². The number of halogens is 1. The first-order chi connectivity index (χ1) is 16.6. The third-order valence-electron chi connectivity index (χ3n) is 7.77. The summed E-state index contributed by atoms with van der Waals surface area (Å²) in [7, 11) is 0. The molecule has 6 rings (SSSR count). The van der Waals surface area contributed by atoms with Crippen LogP contribution < -0.4 is 5.01 Å². The maximum absolute atomic E-state index is 14.0. The van der Waals surface area contributed by atoms with Gasteiger partial charge in [-0.15, -0.1) is 11.3 Å². The molecule has 1 unspecified atom stereocenters. The predicted molar refractivity (Wildman–Crippen MR) is 132 cm³/mol. The lowest BCUT2D eigenvalue weighted by Crippen LogP contribution is -2.47. The fourth-order valence-corrected chi connectivity index (χ4v) is 6.68. The van der Waals surface area contributed by atoms with Crippen LogP contribution in [0.1, 0.15) is 48.6 Å². The van der Waals surface area contributed by atoms with Crippen LogP contribution in [-0.4, -0.2) is 55.0 Å². The van der Waals surface area contributed by atoms with Gasteiger partial charge in [0.25, 0.3) is 0 Å². The number of rotatable bonds is 7. The van der Waals surface area contributed by atoms with Gasteiger partial charge in [-0.25, -0.2) is 9.99 Å². The molecule has 0 radical (unpaired) electrons. The lowest BCUT2D eigenvalue weighted by atomic mass is 9.85. The van der Waals surface area contributed by atoms with Crippen LogP contribution in [0.25, 0.3) is 0 Å². The number of piperidine rings is 1. The minimum Gasteiger partial charge on any atom is -0.376 e. The Morgan fingerprint density at radius 3 is 2.97 bits per heavy atom. The molecule has 1 aliphatic carbocycles. The molecular weight excluding hydrogens is 451 g/mol. The molecule has 1 saturated carbocycles. The molecule has 0 bridgehead atoms. The number of fused-ring (bicyclic) bond motifs is 2. The molecule has 2 aromatic heterocycles. The second-order valence-corrected chi connectivity index (χ2v) is 11.3. The van der Waals surface area contributed by atoms with Crippen molar-refractivity contribution in [1.29, 1.82) is 0 Å². The van der Waals surface area contributed by atoms with Gasteiger partial charge in [-0.3, -0.25) is 0 Å². The molecule has 1 spiro atoms. The number of ether oxygens (including phenoxy) is 2. The highest BCUT2D eigenvalue weighted by Gasteiger charge is 2.43. The summed E-state index contributed by atoms with van der Waals surface area (Å²) in [6.45, 7) is 8.02. The lowest BCUT2D eigenvalue weighted by molar-refractivity contribution is -0.0955. The van der Waals surface area contributed by atoms with Gasteiger partial charge in [-0.2, -0.15) is 9.49 Å². The average Bonchev–Trinajstić information content (AvgIpc) is 3.47. The largest absolute Gasteiger partial charge is 0.376 e. The minimum absolute atomic E-state index is 0.0815. The Morgan fingerprint density at radius 1 is 1.29 bits per heavy atom. The van der Waals surface area contributed by atoms with Gasteiger partial charge in [0.2, 0.25) is 0 Å². The van der Waals surface area contributed by atoms with Crippen LogP contribution in [0.15, 0.2) is 29.5 Å². The molecular formula is C26H33FN4O2S. The van der Waals surface area contributed by atoms with Gasteiger partial charge >= 0.3 is 0 Å². The zero-order chi connectivity index (χ0) is 23.1. The molecule has 0 N–H and O–H groups in total. The molecule has 5 heterocycles. The van der Waals surface area contributed by atoms with Gasteiger partial charge in [-0.05, 0) is 62.6 Å². The molecule has 8 heteroatoms. The first-order valence-corrected chi connectivity index (χ1v) is 13.4. The average molecular weight is 485 g/mol. The molecule has 4 aliphatic rings. The van der Waals surface area contributed by atoms with Gasteiger partial charge in [0.1, 0.15) is 5.60 Å². The SMILES string of the molecule is CC1=NN(c2ncccc2COCC2CC2)CC1CN1CCC2(CC1)OCCc1cc(F)sc12. The highest BCUT2D eigenvalue weighted by Crippen LogP contribution is 2.45. The molecule has 182 valence electrons. The Hall–Kier alpha value is -1.87. The van der Waals surface area contributed by atoms with E-state index in [4.69, 9.17) is 14.6 Å². The van der Waals surface area contributed by atoms with Gasteiger partial charge in [-0.1, -0.05) is 6.07 Å². The number of nitrogens with zero attached hydrogens (tertiary/aromatic N) is 4. The van der Waals surface area contributed by atoms with Crippen molar-refractivity contribution < 1.29 is 13.9 Å². The summed E-state index contributed by atoms with van der Waals surface area (Å²) in [6, 6.07) is 5.79. The van der Waals surface area contributed by atoms with E-state index in [0.717, 1.165) is 85.5 Å². The van der Waals surface area contributed by atoms with E-state index in [0.29, 0.717) is 19.1 Å². The second-order valence-electron chi connectivity index (χ2n) is 10.3. The number of hydrazone groups is 1. The van der Waals surface area contributed by atoms with Crippen LogP contribution in [-0.2, 0) is 28.1 Å². The van der Waals surface area contributed by atoms with Crippen LogP contribution in [0.2, 0.25) is 0 Å². The first kappa shape index (κ1) is 22.6. The van der Waals surface area contributed by atoms with Gasteiger partial charge in [0, 0.05) is 54.5 Å². The number of thiophene rings is 1. The van der Waals surface area contributed by atoms with E-state index in [9.17, 15) is 4.39 Å². The van der Waals surface area contributed by atoms with Crippen molar-refractivity contribution in [2.45, 2.75) is 51.2 Å². The van der Waals surface area contributed by atoms with Gasteiger partial charge in [0.05, 0.1) is 19.8 Å².